The van der Waals surface area contributed by atoms with Gasteiger partial charge in [-0.2, -0.15) is 0 Å². The number of nitrogens with zero attached hydrogens (tertiary/aromatic N) is 2. The van der Waals surface area contributed by atoms with E-state index in [4.69, 9.17) is 14.2 Å². The molecule has 1 aliphatic heterocycles. The molecule has 2 heterocycles. The molecule has 7 nitrogen and oxygen atoms in total. The highest BCUT2D eigenvalue weighted by molar-refractivity contribution is 8.74. The van der Waals surface area contributed by atoms with Crippen molar-refractivity contribution in [2.24, 2.45) is 5.92 Å². The number of carbonyl (C=O) groups is 2. The minimum atomic E-state index is -0.207. The van der Waals surface area contributed by atoms with Crippen LogP contribution in [0.5, 0.6) is 17.2 Å². The molecule has 3 aromatic rings. The molecule has 2 atom stereocenters. The van der Waals surface area contributed by atoms with Crippen molar-refractivity contribution < 1.29 is 23.8 Å². The summed E-state index contributed by atoms with van der Waals surface area (Å²) in [7, 11) is 8.06. The van der Waals surface area contributed by atoms with Gasteiger partial charge in [-0.15, -0.1) is 0 Å². The smallest absolute Gasteiger partial charge is 0.235 e. The third kappa shape index (κ3) is 5.26. The van der Waals surface area contributed by atoms with Gasteiger partial charge in [0, 0.05) is 30.1 Å². The van der Waals surface area contributed by atoms with E-state index in [0.29, 0.717) is 34.1 Å². The van der Waals surface area contributed by atoms with E-state index in [1.165, 1.54) is 26.2 Å². The Hall–Kier alpha value is -3.17. The fraction of sp³-hybridized carbons (Fsp3) is 0.269. The number of benzene rings is 2. The van der Waals surface area contributed by atoms with Gasteiger partial charge in [-0.05, 0) is 36.4 Å². The van der Waals surface area contributed by atoms with E-state index in [1.807, 2.05) is 29.1 Å². The maximum absolute atomic E-state index is 13.3. The summed E-state index contributed by atoms with van der Waals surface area (Å²) in [5.41, 5.74) is 1.54. The maximum Gasteiger partial charge on any atom is 0.235 e. The van der Waals surface area contributed by atoms with E-state index >= 15 is 0 Å². The topological polar surface area (TPSA) is 78.0 Å². The molecule has 1 aliphatic rings. The Labute approximate surface area is 211 Å². The number of ketones is 1. The molecule has 0 N–H and O–H groups in total. The summed E-state index contributed by atoms with van der Waals surface area (Å²) >= 11 is 0. The number of hydrogen-bond acceptors (Lipinski definition) is 7. The summed E-state index contributed by atoms with van der Waals surface area (Å²) < 4.78 is 16.1. The van der Waals surface area contributed by atoms with Crippen molar-refractivity contribution in [2.45, 2.75) is 4.90 Å². The lowest BCUT2D eigenvalue weighted by Crippen LogP contribution is -2.34. The first-order valence-electron chi connectivity index (χ1n) is 10.9. The number of hydrogen-bond donors (Lipinski definition) is 0. The Morgan fingerprint density at radius 1 is 1.00 bits per heavy atom. The van der Waals surface area contributed by atoms with Crippen LogP contribution in [0.3, 0.4) is 0 Å². The summed E-state index contributed by atoms with van der Waals surface area (Å²) in [6.07, 6.45) is 3.64. The van der Waals surface area contributed by atoms with Crippen LogP contribution in [-0.2, 0) is 14.7 Å². The van der Waals surface area contributed by atoms with Crippen molar-refractivity contribution in [1.82, 2.24) is 4.98 Å². The average Bonchev–Trinajstić information content (AvgIpc) is 3.42. The predicted octanol–water partition coefficient (Wildman–Crippen LogP) is 4.26. The third-order valence-corrected chi connectivity index (χ3v) is 10.3. The predicted molar refractivity (Wildman–Crippen MR) is 140 cm³/mol. The summed E-state index contributed by atoms with van der Waals surface area (Å²) in [6.45, 7) is 0. The highest BCUT2D eigenvalue weighted by Crippen LogP contribution is 2.39. The van der Waals surface area contributed by atoms with Crippen LogP contribution >= 0.6 is 10.8 Å². The molecular weight excluding hydrogens is 484 g/mol. The Balaban J connectivity index is 1.53. The largest absolute Gasteiger partial charge is 0.493 e. The number of amides is 1. The molecule has 182 valence electrons. The first-order chi connectivity index (χ1) is 17.0. The molecule has 0 radical (unpaired) electrons. The van der Waals surface area contributed by atoms with Crippen LogP contribution in [-0.4, -0.2) is 56.6 Å². The Kier molecular flexibility index (Phi) is 7.87. The van der Waals surface area contributed by atoms with Gasteiger partial charge in [-0.25, -0.2) is 0 Å². The number of aromatic nitrogens is 1. The average molecular weight is 512 g/mol. The van der Waals surface area contributed by atoms with Gasteiger partial charge in [-0.3, -0.25) is 14.6 Å². The van der Waals surface area contributed by atoms with Gasteiger partial charge in [0.1, 0.15) is 5.75 Å². The molecule has 2 unspecified atom stereocenters. The Morgan fingerprint density at radius 3 is 2.37 bits per heavy atom. The Bertz CT molecular complexity index is 1200. The summed E-state index contributed by atoms with van der Waals surface area (Å²) in [4.78, 5) is 33.6. The molecule has 4 rings (SSSR count). The fourth-order valence-electron chi connectivity index (χ4n) is 3.87. The molecule has 0 bridgehead atoms. The first kappa shape index (κ1) is 24.9. The molecule has 0 saturated carbocycles. The standard InChI is InChI=1S/C26H27N2O5S2/c1-28(26(30)19-15-34-35(16-19)21-9-6-10-27-14-21)20-8-5-7-17(11-20)24(29)18-12-22(31-2)25(33-4)23(13-18)32-3/h5-14,19H,15-16H2,1-4H3/q+1. The van der Waals surface area contributed by atoms with Gasteiger partial charge >= 0.3 is 0 Å². The summed E-state index contributed by atoms with van der Waals surface area (Å²) in [5.74, 6) is 2.56. The highest BCUT2D eigenvalue weighted by Gasteiger charge is 2.42. The molecule has 1 amide bonds. The van der Waals surface area contributed by atoms with Crippen molar-refractivity contribution in [3.8, 4) is 17.2 Å². The van der Waals surface area contributed by atoms with Crippen LogP contribution in [0, 0.1) is 5.92 Å². The van der Waals surface area contributed by atoms with Crippen LogP contribution in [0.25, 0.3) is 0 Å². The quantitative estimate of drug-likeness (QED) is 0.254. The van der Waals surface area contributed by atoms with Gasteiger partial charge in [0.2, 0.25) is 11.7 Å². The molecule has 1 fully saturated rings. The van der Waals surface area contributed by atoms with Crippen molar-refractivity contribution in [1.29, 1.82) is 0 Å². The van der Waals surface area contributed by atoms with Crippen molar-refractivity contribution in [3.05, 3.63) is 72.1 Å². The molecule has 0 spiro atoms. The second kappa shape index (κ2) is 11.0. The van der Waals surface area contributed by atoms with Crippen molar-refractivity contribution in [3.63, 3.8) is 0 Å². The van der Waals surface area contributed by atoms with E-state index in [2.05, 4.69) is 11.1 Å². The van der Waals surface area contributed by atoms with Gasteiger partial charge in [0.15, 0.2) is 22.2 Å². The van der Waals surface area contributed by atoms with Crippen molar-refractivity contribution >= 4 is 38.1 Å². The molecule has 1 aromatic heterocycles. The van der Waals surface area contributed by atoms with E-state index in [0.717, 1.165) is 11.5 Å². The molecule has 35 heavy (non-hydrogen) atoms. The number of pyridine rings is 1. The zero-order valence-electron chi connectivity index (χ0n) is 20.0. The second-order valence-electron chi connectivity index (χ2n) is 7.87. The minimum absolute atomic E-state index is 0.0417. The van der Waals surface area contributed by atoms with E-state index in [-0.39, 0.29) is 27.5 Å². The molecule has 9 heteroatoms. The zero-order valence-corrected chi connectivity index (χ0v) is 21.7. The lowest BCUT2D eigenvalue weighted by Gasteiger charge is -2.20. The fourth-order valence-corrected chi connectivity index (χ4v) is 8.54. The van der Waals surface area contributed by atoms with Crippen molar-refractivity contribution in [2.75, 3.05) is 44.8 Å². The molecule has 2 aromatic carbocycles. The molecular formula is C26H27N2O5S2+. The second-order valence-corrected chi connectivity index (χ2v) is 11.9. The SMILES string of the molecule is COc1cc(C(=O)c2cccc(N(C)C(=O)C3CS[S+](c4cccnc4)C3)c2)cc(OC)c1OC. The number of anilines is 1. The highest BCUT2D eigenvalue weighted by atomic mass is 33.1. The van der Waals surface area contributed by atoms with Crippen LogP contribution in [0.4, 0.5) is 5.69 Å². The van der Waals surface area contributed by atoms with Gasteiger partial charge < -0.3 is 19.1 Å². The maximum atomic E-state index is 13.3. The number of ether oxygens (including phenoxy) is 3. The number of rotatable bonds is 8. The third-order valence-electron chi connectivity index (χ3n) is 5.76. The first-order valence-corrected chi connectivity index (χ1v) is 13.8. The Morgan fingerprint density at radius 2 is 1.74 bits per heavy atom. The monoisotopic (exact) mass is 511 g/mol. The zero-order chi connectivity index (χ0) is 24.9. The van der Waals surface area contributed by atoms with Crippen LogP contribution < -0.4 is 19.1 Å². The summed E-state index contributed by atoms with van der Waals surface area (Å²) in [6, 6.07) is 14.4. The number of carbonyl (C=O) groups excluding carboxylic acids is 2. The lowest BCUT2D eigenvalue weighted by molar-refractivity contribution is -0.120. The minimum Gasteiger partial charge on any atom is -0.493 e. The van der Waals surface area contributed by atoms with E-state index < -0.39 is 0 Å². The van der Waals surface area contributed by atoms with E-state index in [9.17, 15) is 9.59 Å². The summed E-state index contributed by atoms with van der Waals surface area (Å²) in [5, 5.41) is 0. The molecule has 1 saturated heterocycles. The van der Waals surface area contributed by atoms with Crippen LogP contribution in [0.15, 0.2) is 65.8 Å². The van der Waals surface area contributed by atoms with E-state index in [1.54, 1.807) is 48.5 Å². The van der Waals surface area contributed by atoms with Gasteiger partial charge in [-0.1, -0.05) is 12.1 Å². The number of methoxy groups -OCH3 is 3. The van der Waals surface area contributed by atoms with Gasteiger partial charge in [0.25, 0.3) is 0 Å². The lowest BCUT2D eigenvalue weighted by atomic mass is 10.0. The van der Waals surface area contributed by atoms with Gasteiger partial charge in [0.05, 0.1) is 59.9 Å². The van der Waals surface area contributed by atoms with Crippen LogP contribution in [0.1, 0.15) is 15.9 Å². The normalized spacial score (nSPS) is 17.0. The van der Waals surface area contributed by atoms with Crippen LogP contribution in [0.2, 0.25) is 0 Å². The molecule has 0 aliphatic carbocycles.